The highest BCUT2D eigenvalue weighted by molar-refractivity contribution is 6.62. The van der Waals surface area contributed by atoms with Crippen LogP contribution in [0.25, 0.3) is 0 Å². The molecule has 2 saturated heterocycles. The lowest BCUT2D eigenvalue weighted by Gasteiger charge is -2.32. The summed E-state index contributed by atoms with van der Waals surface area (Å²) in [5.74, 6) is 0.613. The minimum Gasteiger partial charge on any atom is -0.489 e. The van der Waals surface area contributed by atoms with Crippen molar-refractivity contribution in [3.63, 3.8) is 0 Å². The van der Waals surface area contributed by atoms with E-state index in [2.05, 4.69) is 6.07 Å². The molecule has 0 amide bonds. The molecule has 2 fully saturated rings. The van der Waals surface area contributed by atoms with Crippen molar-refractivity contribution in [2.75, 3.05) is 6.61 Å². The van der Waals surface area contributed by atoms with Crippen molar-refractivity contribution in [1.82, 2.24) is 0 Å². The molecule has 0 aliphatic carbocycles. The highest BCUT2D eigenvalue weighted by Gasteiger charge is 2.51. The summed E-state index contributed by atoms with van der Waals surface area (Å²) < 4.78 is 23.7. The summed E-state index contributed by atoms with van der Waals surface area (Å²) in [6.07, 6.45) is 1.95. The van der Waals surface area contributed by atoms with Gasteiger partial charge in [0.2, 0.25) is 0 Å². The molecule has 5 nitrogen and oxygen atoms in total. The molecular formula is C19H26BNO4. The third-order valence-corrected chi connectivity index (χ3v) is 5.38. The van der Waals surface area contributed by atoms with Crippen molar-refractivity contribution >= 4 is 12.6 Å². The van der Waals surface area contributed by atoms with Crippen LogP contribution in [0.3, 0.4) is 0 Å². The lowest BCUT2D eigenvalue weighted by atomic mass is 9.78. The number of nitriles is 1. The van der Waals surface area contributed by atoms with Gasteiger partial charge in [0.05, 0.1) is 29.5 Å². The fourth-order valence-corrected chi connectivity index (χ4v) is 3.11. The van der Waals surface area contributed by atoms with E-state index in [1.54, 1.807) is 6.07 Å². The largest absolute Gasteiger partial charge is 0.494 e. The molecule has 2 aliphatic heterocycles. The molecular weight excluding hydrogens is 317 g/mol. The van der Waals surface area contributed by atoms with Crippen LogP contribution in [-0.2, 0) is 14.0 Å². The van der Waals surface area contributed by atoms with Gasteiger partial charge in [-0.15, -0.1) is 0 Å². The van der Waals surface area contributed by atoms with E-state index in [9.17, 15) is 5.26 Å². The first kappa shape index (κ1) is 18.3. The number of benzene rings is 1. The van der Waals surface area contributed by atoms with Crippen LogP contribution in [0.5, 0.6) is 5.75 Å². The highest BCUT2D eigenvalue weighted by Crippen LogP contribution is 2.36. The monoisotopic (exact) mass is 343 g/mol. The molecule has 0 saturated carbocycles. The molecule has 2 unspecified atom stereocenters. The van der Waals surface area contributed by atoms with Gasteiger partial charge in [-0.05, 0) is 52.2 Å². The first-order chi connectivity index (χ1) is 11.7. The van der Waals surface area contributed by atoms with Crippen LogP contribution in [0.2, 0.25) is 0 Å². The zero-order valence-electron chi connectivity index (χ0n) is 15.7. The Morgan fingerprint density at radius 1 is 1.20 bits per heavy atom. The Bertz CT molecular complexity index is 666. The van der Waals surface area contributed by atoms with Crippen molar-refractivity contribution < 1.29 is 18.8 Å². The summed E-state index contributed by atoms with van der Waals surface area (Å²) in [6, 6.07) is 7.80. The van der Waals surface area contributed by atoms with Crippen molar-refractivity contribution in [1.29, 1.82) is 5.26 Å². The Balaban J connectivity index is 1.78. The summed E-state index contributed by atoms with van der Waals surface area (Å²) in [6.45, 7) is 10.8. The topological polar surface area (TPSA) is 60.7 Å². The number of rotatable bonds is 3. The third kappa shape index (κ3) is 3.69. The van der Waals surface area contributed by atoms with Crippen molar-refractivity contribution in [2.45, 2.75) is 70.9 Å². The van der Waals surface area contributed by atoms with Crippen LogP contribution in [0.15, 0.2) is 18.2 Å². The van der Waals surface area contributed by atoms with Crippen LogP contribution in [0.4, 0.5) is 0 Å². The van der Waals surface area contributed by atoms with E-state index < -0.39 is 18.3 Å². The van der Waals surface area contributed by atoms with Gasteiger partial charge in [-0.25, -0.2) is 0 Å². The van der Waals surface area contributed by atoms with Gasteiger partial charge in [0, 0.05) is 12.8 Å². The Morgan fingerprint density at radius 3 is 2.48 bits per heavy atom. The van der Waals surface area contributed by atoms with E-state index in [4.69, 9.17) is 18.8 Å². The first-order valence-corrected chi connectivity index (χ1v) is 8.90. The fraction of sp³-hybridized carbons (Fsp3) is 0.632. The second-order valence-electron chi connectivity index (χ2n) is 7.90. The normalized spacial score (nSPS) is 27.8. The van der Waals surface area contributed by atoms with Gasteiger partial charge in [0.15, 0.2) is 0 Å². The Morgan fingerprint density at radius 2 is 1.88 bits per heavy atom. The average Bonchev–Trinajstić information content (AvgIpc) is 2.76. The zero-order valence-corrected chi connectivity index (χ0v) is 15.7. The van der Waals surface area contributed by atoms with Crippen LogP contribution in [-0.4, -0.2) is 37.1 Å². The summed E-state index contributed by atoms with van der Waals surface area (Å²) >= 11 is 0. The maximum absolute atomic E-state index is 9.54. The summed E-state index contributed by atoms with van der Waals surface area (Å²) in [5.41, 5.74) is 0.532. The SMILES string of the molecule is CC1CC(Oc2ccc(B3OC(C)(C)C(C)(C)O3)cc2C#N)CCO1. The van der Waals surface area contributed by atoms with E-state index in [-0.39, 0.29) is 12.2 Å². The number of hydrogen-bond donors (Lipinski definition) is 0. The molecule has 0 spiro atoms. The van der Waals surface area contributed by atoms with Crippen molar-refractivity contribution in [2.24, 2.45) is 0 Å². The van der Waals surface area contributed by atoms with E-state index in [0.717, 1.165) is 18.3 Å². The summed E-state index contributed by atoms with van der Waals surface area (Å²) in [5, 5.41) is 9.54. The van der Waals surface area contributed by atoms with E-state index >= 15 is 0 Å². The number of hydrogen-bond acceptors (Lipinski definition) is 5. The molecule has 1 aromatic carbocycles. The van der Waals surface area contributed by atoms with Gasteiger partial charge in [0.25, 0.3) is 0 Å². The van der Waals surface area contributed by atoms with Gasteiger partial charge in [-0.3, -0.25) is 0 Å². The average molecular weight is 343 g/mol. The molecule has 0 aromatic heterocycles. The van der Waals surface area contributed by atoms with Crippen LogP contribution < -0.4 is 10.2 Å². The Hall–Kier alpha value is -1.55. The predicted octanol–water partition coefficient (Wildman–Crippen LogP) is 2.80. The standard InChI is InChI=1S/C19H26BNO4/c1-13-10-16(8-9-22-13)23-17-7-6-15(11-14(17)12-21)20-24-18(2,3)19(4,5)25-20/h6-7,11,13,16H,8-10H2,1-5H3. The van der Waals surface area contributed by atoms with E-state index in [0.29, 0.717) is 17.9 Å². The van der Waals surface area contributed by atoms with Gasteiger partial charge >= 0.3 is 7.12 Å². The molecule has 25 heavy (non-hydrogen) atoms. The molecule has 1 aromatic rings. The second-order valence-corrected chi connectivity index (χ2v) is 7.90. The lowest BCUT2D eigenvalue weighted by molar-refractivity contribution is -0.0252. The molecule has 0 radical (unpaired) electrons. The predicted molar refractivity (Wildman–Crippen MR) is 95.9 cm³/mol. The van der Waals surface area contributed by atoms with Crippen molar-refractivity contribution in [3.05, 3.63) is 23.8 Å². The Kier molecular flexibility index (Phi) is 4.85. The lowest BCUT2D eigenvalue weighted by Crippen LogP contribution is -2.41. The maximum Gasteiger partial charge on any atom is 0.494 e. The van der Waals surface area contributed by atoms with Crippen LogP contribution in [0.1, 0.15) is 53.0 Å². The van der Waals surface area contributed by atoms with Crippen LogP contribution >= 0.6 is 0 Å². The van der Waals surface area contributed by atoms with Gasteiger partial charge < -0.3 is 18.8 Å². The summed E-state index contributed by atoms with van der Waals surface area (Å²) in [7, 11) is -0.478. The third-order valence-electron chi connectivity index (χ3n) is 5.38. The molecule has 2 aliphatic rings. The molecule has 2 atom stereocenters. The molecule has 0 bridgehead atoms. The molecule has 2 heterocycles. The molecule has 0 N–H and O–H groups in total. The molecule has 134 valence electrons. The number of nitrogens with zero attached hydrogens (tertiary/aromatic N) is 1. The van der Waals surface area contributed by atoms with Crippen molar-refractivity contribution in [3.8, 4) is 11.8 Å². The van der Waals surface area contributed by atoms with Gasteiger partial charge in [-0.2, -0.15) is 5.26 Å². The summed E-state index contributed by atoms with van der Waals surface area (Å²) in [4.78, 5) is 0. The minimum atomic E-state index is -0.478. The van der Waals surface area contributed by atoms with E-state index in [1.165, 1.54) is 0 Å². The molecule has 3 rings (SSSR count). The minimum absolute atomic E-state index is 0.0820. The van der Waals surface area contributed by atoms with E-state index in [1.807, 2.05) is 46.8 Å². The van der Waals surface area contributed by atoms with Gasteiger partial charge in [0.1, 0.15) is 17.9 Å². The Labute approximate surface area is 150 Å². The number of ether oxygens (including phenoxy) is 2. The maximum atomic E-state index is 9.54. The quantitative estimate of drug-likeness (QED) is 0.790. The fourth-order valence-electron chi connectivity index (χ4n) is 3.11. The first-order valence-electron chi connectivity index (χ1n) is 8.90. The highest BCUT2D eigenvalue weighted by atomic mass is 16.7. The van der Waals surface area contributed by atoms with Gasteiger partial charge in [-0.1, -0.05) is 6.07 Å². The molecule has 6 heteroatoms. The smallest absolute Gasteiger partial charge is 0.489 e. The zero-order chi connectivity index (χ0) is 18.2. The second kappa shape index (κ2) is 6.64. The van der Waals surface area contributed by atoms with Crippen LogP contribution in [0, 0.1) is 11.3 Å².